The van der Waals surface area contributed by atoms with Gasteiger partial charge in [-0.1, -0.05) is 17.7 Å². The van der Waals surface area contributed by atoms with Crippen molar-refractivity contribution >= 4 is 15.8 Å². The monoisotopic (exact) mass is 243 g/mol. The van der Waals surface area contributed by atoms with Gasteiger partial charge >= 0.3 is 5.97 Å². The first-order valence-electron chi connectivity index (χ1n) is 4.63. The van der Waals surface area contributed by atoms with Crippen LogP contribution in [0.25, 0.3) is 0 Å². The van der Waals surface area contributed by atoms with Gasteiger partial charge in [0, 0.05) is 6.54 Å². The summed E-state index contributed by atoms with van der Waals surface area (Å²) in [4.78, 5) is 10.7. The summed E-state index contributed by atoms with van der Waals surface area (Å²) in [6.07, 6.45) is 0. The molecule has 0 saturated carbocycles. The zero-order valence-electron chi connectivity index (χ0n) is 8.75. The summed E-state index contributed by atoms with van der Waals surface area (Å²) in [5.74, 6) is -1.43. The standard InChI is InChI=1S/C10H13NO4S/c1-7-2-4-8(5-3-7)16(14,15)9(6-11)10(12)13/h2-5,9H,6,11H2,1H3,(H,12,13). The van der Waals surface area contributed by atoms with E-state index in [2.05, 4.69) is 0 Å². The number of aryl methyl sites for hydroxylation is 1. The summed E-state index contributed by atoms with van der Waals surface area (Å²) in [6, 6.07) is 6.00. The second-order valence-corrected chi connectivity index (χ2v) is 5.55. The molecule has 0 aliphatic rings. The van der Waals surface area contributed by atoms with E-state index in [1.54, 1.807) is 12.1 Å². The van der Waals surface area contributed by atoms with E-state index < -0.39 is 27.6 Å². The highest BCUT2D eigenvalue weighted by Crippen LogP contribution is 2.16. The molecule has 5 nitrogen and oxygen atoms in total. The lowest BCUT2D eigenvalue weighted by molar-refractivity contribution is -0.136. The molecule has 0 aliphatic heterocycles. The second-order valence-electron chi connectivity index (χ2n) is 3.42. The maximum atomic E-state index is 11.9. The average molecular weight is 243 g/mol. The Hall–Kier alpha value is -1.40. The zero-order valence-corrected chi connectivity index (χ0v) is 9.57. The van der Waals surface area contributed by atoms with Crippen LogP contribution >= 0.6 is 0 Å². The van der Waals surface area contributed by atoms with Crippen molar-refractivity contribution in [1.82, 2.24) is 0 Å². The fourth-order valence-electron chi connectivity index (χ4n) is 1.25. The van der Waals surface area contributed by atoms with E-state index in [9.17, 15) is 13.2 Å². The van der Waals surface area contributed by atoms with Gasteiger partial charge in [0.25, 0.3) is 0 Å². The van der Waals surface area contributed by atoms with Gasteiger partial charge in [-0.3, -0.25) is 4.79 Å². The molecule has 3 N–H and O–H groups in total. The number of nitrogens with two attached hydrogens (primary N) is 1. The van der Waals surface area contributed by atoms with Gasteiger partial charge in [0.1, 0.15) is 0 Å². The first-order chi connectivity index (χ1) is 7.39. The second kappa shape index (κ2) is 4.63. The Labute approximate surface area is 93.8 Å². The van der Waals surface area contributed by atoms with E-state index in [-0.39, 0.29) is 4.90 Å². The number of hydrogen-bond donors (Lipinski definition) is 2. The number of carboxylic acids is 1. The molecule has 16 heavy (non-hydrogen) atoms. The highest BCUT2D eigenvalue weighted by Gasteiger charge is 2.32. The zero-order chi connectivity index (χ0) is 12.3. The Morgan fingerprint density at radius 3 is 2.25 bits per heavy atom. The summed E-state index contributed by atoms with van der Waals surface area (Å²) in [5.41, 5.74) is 6.07. The van der Waals surface area contributed by atoms with E-state index >= 15 is 0 Å². The number of hydrogen-bond acceptors (Lipinski definition) is 4. The molecule has 0 fully saturated rings. The Bertz CT molecular complexity index is 478. The molecule has 0 aliphatic carbocycles. The van der Waals surface area contributed by atoms with Gasteiger partial charge in [-0.05, 0) is 19.1 Å². The van der Waals surface area contributed by atoms with E-state index in [0.717, 1.165) is 5.56 Å². The van der Waals surface area contributed by atoms with Gasteiger partial charge in [-0.25, -0.2) is 8.42 Å². The van der Waals surface area contributed by atoms with Crippen molar-refractivity contribution in [3.63, 3.8) is 0 Å². The summed E-state index contributed by atoms with van der Waals surface area (Å²) in [7, 11) is -3.89. The highest BCUT2D eigenvalue weighted by molar-refractivity contribution is 7.92. The number of aliphatic carboxylic acids is 1. The molecule has 88 valence electrons. The summed E-state index contributed by atoms with van der Waals surface area (Å²) >= 11 is 0. The maximum absolute atomic E-state index is 11.9. The molecule has 0 bridgehead atoms. The summed E-state index contributed by atoms with van der Waals surface area (Å²) < 4.78 is 23.7. The van der Waals surface area contributed by atoms with Crippen molar-refractivity contribution in [3.8, 4) is 0 Å². The summed E-state index contributed by atoms with van der Waals surface area (Å²) in [6.45, 7) is 1.37. The quantitative estimate of drug-likeness (QED) is 0.786. The van der Waals surface area contributed by atoms with Gasteiger partial charge in [-0.2, -0.15) is 0 Å². The molecule has 0 heterocycles. The van der Waals surface area contributed by atoms with Gasteiger partial charge in [0.2, 0.25) is 0 Å². The van der Waals surface area contributed by atoms with Gasteiger partial charge in [0.05, 0.1) is 4.90 Å². The van der Waals surface area contributed by atoms with E-state index in [0.29, 0.717) is 0 Å². The lowest BCUT2D eigenvalue weighted by Crippen LogP contribution is -2.37. The van der Waals surface area contributed by atoms with E-state index in [1.807, 2.05) is 6.92 Å². The molecule has 0 radical (unpaired) electrons. The van der Waals surface area contributed by atoms with Crippen LogP contribution in [0.5, 0.6) is 0 Å². The van der Waals surface area contributed by atoms with Crippen LogP contribution in [-0.2, 0) is 14.6 Å². The molecule has 1 unspecified atom stereocenters. The van der Waals surface area contributed by atoms with Gasteiger partial charge in [0.15, 0.2) is 15.1 Å². The van der Waals surface area contributed by atoms with Gasteiger partial charge < -0.3 is 10.8 Å². The van der Waals surface area contributed by atoms with E-state index in [4.69, 9.17) is 10.8 Å². The van der Waals surface area contributed by atoms with Crippen molar-refractivity contribution in [3.05, 3.63) is 29.8 Å². The number of carboxylic acid groups (broad SMARTS) is 1. The van der Waals surface area contributed by atoms with Crippen molar-refractivity contribution in [2.75, 3.05) is 6.54 Å². The predicted molar refractivity (Wildman–Crippen MR) is 58.8 cm³/mol. The lowest BCUT2D eigenvalue weighted by atomic mass is 10.2. The molecular formula is C10H13NO4S. The highest BCUT2D eigenvalue weighted by atomic mass is 32.2. The van der Waals surface area contributed by atoms with Crippen LogP contribution in [0.1, 0.15) is 5.56 Å². The molecule has 0 spiro atoms. The minimum Gasteiger partial charge on any atom is -0.480 e. The molecule has 6 heteroatoms. The molecule has 1 atom stereocenters. The summed E-state index contributed by atoms with van der Waals surface area (Å²) in [5, 5.41) is 7.18. The number of carbonyl (C=O) groups is 1. The molecule has 1 aromatic carbocycles. The Kier molecular flexibility index (Phi) is 3.66. The third-order valence-corrected chi connectivity index (χ3v) is 4.29. The lowest BCUT2D eigenvalue weighted by Gasteiger charge is -2.11. The minimum atomic E-state index is -3.89. The Balaban J connectivity index is 3.20. The van der Waals surface area contributed by atoms with Crippen LogP contribution in [0.3, 0.4) is 0 Å². The molecule has 0 amide bonds. The molecule has 1 aromatic rings. The number of sulfone groups is 1. The van der Waals surface area contributed by atoms with Crippen LogP contribution < -0.4 is 5.73 Å². The van der Waals surface area contributed by atoms with Crippen LogP contribution in [-0.4, -0.2) is 31.3 Å². The third kappa shape index (κ3) is 2.40. The SMILES string of the molecule is Cc1ccc(S(=O)(=O)C(CN)C(=O)O)cc1. The molecule has 0 saturated heterocycles. The Morgan fingerprint density at radius 1 is 1.38 bits per heavy atom. The maximum Gasteiger partial charge on any atom is 0.323 e. The smallest absolute Gasteiger partial charge is 0.323 e. The van der Waals surface area contributed by atoms with Crippen LogP contribution in [0.4, 0.5) is 0 Å². The molecule has 0 aromatic heterocycles. The van der Waals surface area contributed by atoms with Crippen molar-refractivity contribution in [2.24, 2.45) is 5.73 Å². The van der Waals surface area contributed by atoms with Crippen LogP contribution in [0.2, 0.25) is 0 Å². The normalized spacial score (nSPS) is 13.4. The van der Waals surface area contributed by atoms with Gasteiger partial charge in [-0.15, -0.1) is 0 Å². The van der Waals surface area contributed by atoms with E-state index in [1.165, 1.54) is 12.1 Å². The largest absolute Gasteiger partial charge is 0.480 e. The van der Waals surface area contributed by atoms with Crippen molar-refractivity contribution < 1.29 is 18.3 Å². The third-order valence-electron chi connectivity index (χ3n) is 2.21. The predicted octanol–water partition coefficient (Wildman–Crippen LogP) is 0.181. The fraction of sp³-hybridized carbons (Fsp3) is 0.300. The molecule has 1 rings (SSSR count). The molecular weight excluding hydrogens is 230 g/mol. The average Bonchev–Trinajstić information content (AvgIpc) is 2.18. The van der Waals surface area contributed by atoms with Crippen molar-refractivity contribution in [2.45, 2.75) is 17.1 Å². The number of benzene rings is 1. The topological polar surface area (TPSA) is 97.5 Å². The number of rotatable bonds is 4. The first kappa shape index (κ1) is 12.7. The fourth-order valence-corrected chi connectivity index (χ4v) is 2.62. The minimum absolute atomic E-state index is 0.0176. The van der Waals surface area contributed by atoms with Crippen LogP contribution in [0, 0.1) is 6.92 Å². The first-order valence-corrected chi connectivity index (χ1v) is 6.17. The van der Waals surface area contributed by atoms with Crippen molar-refractivity contribution in [1.29, 1.82) is 0 Å². The van der Waals surface area contributed by atoms with Crippen LogP contribution in [0.15, 0.2) is 29.2 Å². The Morgan fingerprint density at radius 2 is 1.88 bits per heavy atom.